The summed E-state index contributed by atoms with van der Waals surface area (Å²) >= 11 is 0. The van der Waals surface area contributed by atoms with E-state index < -0.39 is 0 Å². The minimum Gasteiger partial charge on any atom is -0.484 e. The van der Waals surface area contributed by atoms with Gasteiger partial charge in [0.05, 0.1) is 6.54 Å². The molecule has 0 saturated carbocycles. The molecule has 144 valence electrons. The van der Waals surface area contributed by atoms with Crippen LogP contribution in [0.2, 0.25) is 0 Å². The van der Waals surface area contributed by atoms with Crippen LogP contribution in [0.15, 0.2) is 28.8 Å². The predicted molar refractivity (Wildman–Crippen MR) is 92.1 cm³/mol. The van der Waals surface area contributed by atoms with Crippen LogP contribution < -0.4 is 10.1 Å². The van der Waals surface area contributed by atoms with Crippen LogP contribution in [-0.4, -0.2) is 46.6 Å². The summed E-state index contributed by atoms with van der Waals surface area (Å²) in [7, 11) is 0. The fraction of sp³-hybridized carbons (Fsp3) is 0.444. The highest BCUT2D eigenvalue weighted by Gasteiger charge is 2.27. The highest BCUT2D eigenvalue weighted by atomic mass is 19.1. The number of rotatable bonds is 6. The molecule has 1 aromatic heterocycles. The van der Waals surface area contributed by atoms with Gasteiger partial charge in [0.25, 0.3) is 5.91 Å². The summed E-state index contributed by atoms with van der Waals surface area (Å²) in [6.45, 7) is 2.78. The number of carbonyl (C=O) groups excluding carboxylic acids is 2. The molecule has 1 aliphatic rings. The third-order valence-corrected chi connectivity index (χ3v) is 4.38. The van der Waals surface area contributed by atoms with E-state index in [1.165, 1.54) is 24.3 Å². The second-order valence-electron chi connectivity index (χ2n) is 6.35. The van der Waals surface area contributed by atoms with Gasteiger partial charge in [-0.1, -0.05) is 5.16 Å². The van der Waals surface area contributed by atoms with E-state index in [0.29, 0.717) is 43.4 Å². The lowest BCUT2D eigenvalue weighted by Gasteiger charge is -2.31. The average Bonchev–Trinajstić information content (AvgIpc) is 3.11. The summed E-state index contributed by atoms with van der Waals surface area (Å²) in [5.41, 5.74) is 0. The predicted octanol–water partition coefficient (Wildman–Crippen LogP) is 1.45. The zero-order valence-electron chi connectivity index (χ0n) is 15.0. The molecule has 2 heterocycles. The minimum absolute atomic E-state index is 0.0829. The molecule has 1 aromatic carbocycles. The molecule has 3 rings (SSSR count). The van der Waals surface area contributed by atoms with Gasteiger partial charge >= 0.3 is 0 Å². The molecular formula is C18H21FN4O4. The number of nitrogens with zero attached hydrogens (tertiary/aromatic N) is 3. The number of hydrogen-bond acceptors (Lipinski definition) is 6. The Morgan fingerprint density at radius 3 is 2.63 bits per heavy atom. The molecule has 0 aliphatic carbocycles. The molecule has 0 unspecified atom stereocenters. The SMILES string of the molecule is Cc1noc(CNC(=O)C2CCN(C(=O)COc3ccc(F)cc3)CC2)n1. The number of benzene rings is 1. The lowest BCUT2D eigenvalue weighted by Crippen LogP contribution is -2.44. The van der Waals surface area contributed by atoms with Gasteiger partial charge in [0.15, 0.2) is 12.4 Å². The fourth-order valence-corrected chi connectivity index (χ4v) is 2.88. The largest absolute Gasteiger partial charge is 0.484 e. The van der Waals surface area contributed by atoms with E-state index in [-0.39, 0.29) is 36.7 Å². The molecule has 0 bridgehead atoms. The molecule has 1 fully saturated rings. The van der Waals surface area contributed by atoms with Crippen LogP contribution >= 0.6 is 0 Å². The van der Waals surface area contributed by atoms with Gasteiger partial charge in [-0.2, -0.15) is 4.98 Å². The first-order valence-corrected chi connectivity index (χ1v) is 8.74. The van der Waals surface area contributed by atoms with Gasteiger partial charge in [0.2, 0.25) is 11.8 Å². The van der Waals surface area contributed by atoms with Gasteiger partial charge in [0.1, 0.15) is 11.6 Å². The monoisotopic (exact) mass is 376 g/mol. The molecule has 2 aromatic rings. The van der Waals surface area contributed by atoms with E-state index in [9.17, 15) is 14.0 Å². The van der Waals surface area contributed by atoms with Crippen molar-refractivity contribution >= 4 is 11.8 Å². The second-order valence-corrected chi connectivity index (χ2v) is 6.35. The summed E-state index contributed by atoms with van der Waals surface area (Å²) in [6.07, 6.45) is 1.16. The first-order valence-electron chi connectivity index (χ1n) is 8.74. The maximum absolute atomic E-state index is 12.9. The number of nitrogens with one attached hydrogen (secondary N) is 1. The minimum atomic E-state index is -0.358. The molecule has 0 spiro atoms. The number of aromatic nitrogens is 2. The Labute approximate surface area is 155 Å². The van der Waals surface area contributed by atoms with Gasteiger partial charge in [0, 0.05) is 19.0 Å². The van der Waals surface area contributed by atoms with Crippen LogP contribution in [0.5, 0.6) is 5.75 Å². The van der Waals surface area contributed by atoms with E-state index in [1.54, 1.807) is 11.8 Å². The maximum atomic E-state index is 12.9. The van der Waals surface area contributed by atoms with E-state index in [4.69, 9.17) is 9.26 Å². The Balaban J connectivity index is 1.39. The normalized spacial score (nSPS) is 14.8. The summed E-state index contributed by atoms with van der Waals surface area (Å²) in [5, 5.41) is 6.45. The molecule has 0 radical (unpaired) electrons. The number of hydrogen-bond donors (Lipinski definition) is 1. The number of likely N-dealkylation sites (tertiary alicyclic amines) is 1. The Hall–Kier alpha value is -2.97. The van der Waals surface area contributed by atoms with Gasteiger partial charge in [-0.15, -0.1) is 0 Å². The number of halogens is 1. The molecule has 1 N–H and O–H groups in total. The van der Waals surface area contributed by atoms with Crippen LogP contribution in [0, 0.1) is 18.7 Å². The fourth-order valence-electron chi connectivity index (χ4n) is 2.88. The van der Waals surface area contributed by atoms with Crippen molar-refractivity contribution in [3.63, 3.8) is 0 Å². The van der Waals surface area contributed by atoms with Crippen molar-refractivity contribution in [2.24, 2.45) is 5.92 Å². The number of aryl methyl sites for hydroxylation is 1. The van der Waals surface area contributed by atoms with Crippen LogP contribution in [0.25, 0.3) is 0 Å². The van der Waals surface area contributed by atoms with E-state index >= 15 is 0 Å². The third-order valence-electron chi connectivity index (χ3n) is 4.38. The zero-order valence-corrected chi connectivity index (χ0v) is 15.0. The molecule has 8 nitrogen and oxygen atoms in total. The number of piperidine rings is 1. The quantitative estimate of drug-likeness (QED) is 0.820. The standard InChI is InChI=1S/C18H21FN4O4/c1-12-21-16(27-22-12)10-20-18(25)13-6-8-23(9-7-13)17(24)11-26-15-4-2-14(19)3-5-15/h2-5,13H,6-11H2,1H3,(H,20,25). The van der Waals surface area contributed by atoms with Crippen molar-refractivity contribution in [2.75, 3.05) is 19.7 Å². The first-order chi connectivity index (χ1) is 13.0. The van der Waals surface area contributed by atoms with E-state index in [1.807, 2.05) is 0 Å². The highest BCUT2D eigenvalue weighted by Crippen LogP contribution is 2.18. The Kier molecular flexibility index (Phi) is 6.00. The number of carbonyl (C=O) groups is 2. The summed E-state index contributed by atoms with van der Waals surface area (Å²) in [4.78, 5) is 30.2. The van der Waals surface area contributed by atoms with Crippen molar-refractivity contribution in [1.82, 2.24) is 20.4 Å². The van der Waals surface area contributed by atoms with Crippen molar-refractivity contribution in [3.05, 3.63) is 41.8 Å². The molecular weight excluding hydrogens is 355 g/mol. The van der Waals surface area contributed by atoms with Gasteiger partial charge < -0.3 is 19.5 Å². The second kappa shape index (κ2) is 8.61. The summed E-state index contributed by atoms with van der Waals surface area (Å²) < 4.78 is 23.2. The molecule has 1 saturated heterocycles. The highest BCUT2D eigenvalue weighted by molar-refractivity contribution is 5.80. The lowest BCUT2D eigenvalue weighted by atomic mass is 9.96. The van der Waals surface area contributed by atoms with Crippen molar-refractivity contribution in [1.29, 1.82) is 0 Å². The molecule has 2 amide bonds. The van der Waals surface area contributed by atoms with Crippen LogP contribution in [0.3, 0.4) is 0 Å². The maximum Gasteiger partial charge on any atom is 0.260 e. The Morgan fingerprint density at radius 2 is 2.00 bits per heavy atom. The van der Waals surface area contributed by atoms with Crippen LogP contribution in [-0.2, 0) is 16.1 Å². The van der Waals surface area contributed by atoms with Gasteiger partial charge in [-0.3, -0.25) is 9.59 Å². The zero-order chi connectivity index (χ0) is 19.2. The first kappa shape index (κ1) is 18.8. The van der Waals surface area contributed by atoms with Crippen molar-refractivity contribution in [3.8, 4) is 5.75 Å². The van der Waals surface area contributed by atoms with Crippen LogP contribution in [0.4, 0.5) is 4.39 Å². The molecule has 0 atom stereocenters. The van der Waals surface area contributed by atoms with Crippen molar-refractivity contribution in [2.45, 2.75) is 26.3 Å². The molecule has 27 heavy (non-hydrogen) atoms. The number of ether oxygens (including phenoxy) is 1. The number of amides is 2. The summed E-state index contributed by atoms with van der Waals surface area (Å²) in [6, 6.07) is 5.51. The third kappa shape index (κ3) is 5.25. The van der Waals surface area contributed by atoms with Gasteiger partial charge in [-0.05, 0) is 44.0 Å². The Bertz CT molecular complexity index is 785. The lowest BCUT2D eigenvalue weighted by molar-refractivity contribution is -0.137. The summed E-state index contributed by atoms with van der Waals surface area (Å²) in [5.74, 6) is 0.579. The molecule has 1 aliphatic heterocycles. The van der Waals surface area contributed by atoms with E-state index in [2.05, 4.69) is 15.5 Å². The Morgan fingerprint density at radius 1 is 1.30 bits per heavy atom. The van der Waals surface area contributed by atoms with E-state index in [0.717, 1.165) is 0 Å². The molecule has 9 heteroatoms. The smallest absolute Gasteiger partial charge is 0.260 e. The van der Waals surface area contributed by atoms with Gasteiger partial charge in [-0.25, -0.2) is 4.39 Å². The van der Waals surface area contributed by atoms with Crippen LogP contribution in [0.1, 0.15) is 24.6 Å². The topological polar surface area (TPSA) is 97.6 Å². The average molecular weight is 376 g/mol. The van der Waals surface area contributed by atoms with Crippen molar-refractivity contribution < 1.29 is 23.2 Å².